The Labute approximate surface area is 83.6 Å². The second-order valence-electron chi connectivity index (χ2n) is 4.72. The summed E-state index contributed by atoms with van der Waals surface area (Å²) in [7, 11) is 0. The van der Waals surface area contributed by atoms with Crippen LogP contribution in [0.15, 0.2) is 12.1 Å². The summed E-state index contributed by atoms with van der Waals surface area (Å²) in [6.07, 6.45) is 0.731. The molecule has 0 aliphatic carbocycles. The molecule has 0 atom stereocenters. The van der Waals surface area contributed by atoms with E-state index in [0.29, 0.717) is 0 Å². The highest BCUT2D eigenvalue weighted by Gasteiger charge is 2.14. The van der Waals surface area contributed by atoms with E-state index < -0.39 is 5.75 Å². The monoisotopic (exact) mass is 196 g/mol. The van der Waals surface area contributed by atoms with Gasteiger partial charge >= 0.3 is 0 Å². The lowest BCUT2D eigenvalue weighted by atomic mass is 9.88. The molecule has 1 aromatic carbocycles. The van der Waals surface area contributed by atoms with Crippen LogP contribution in [-0.2, 0) is 6.42 Å². The zero-order valence-corrected chi connectivity index (χ0v) is 8.70. The summed E-state index contributed by atoms with van der Waals surface area (Å²) in [4.78, 5) is 0. The maximum atomic E-state index is 9.27. The Kier molecular flexibility index (Phi) is 2.60. The van der Waals surface area contributed by atoms with Crippen molar-refractivity contribution in [1.29, 1.82) is 0 Å². The SMILES string of the molecule is CC(C)(C)Cc1cc(O)c(O)c(O)c1. The Hall–Kier alpha value is -1.38. The highest BCUT2D eigenvalue weighted by Crippen LogP contribution is 2.36. The summed E-state index contributed by atoms with van der Waals surface area (Å²) < 4.78 is 0. The summed E-state index contributed by atoms with van der Waals surface area (Å²) in [6, 6.07) is 2.95. The van der Waals surface area contributed by atoms with E-state index in [4.69, 9.17) is 5.11 Å². The van der Waals surface area contributed by atoms with Crippen molar-refractivity contribution in [3.05, 3.63) is 17.7 Å². The molecule has 3 nitrogen and oxygen atoms in total. The van der Waals surface area contributed by atoms with Crippen LogP contribution >= 0.6 is 0 Å². The molecule has 78 valence electrons. The molecule has 0 amide bonds. The topological polar surface area (TPSA) is 60.7 Å². The molecule has 0 fully saturated rings. The van der Waals surface area contributed by atoms with E-state index in [9.17, 15) is 10.2 Å². The molecule has 0 heterocycles. The molecule has 3 heteroatoms. The molecule has 1 rings (SSSR count). The van der Waals surface area contributed by atoms with Crippen molar-refractivity contribution in [3.8, 4) is 17.2 Å². The van der Waals surface area contributed by atoms with Crippen LogP contribution in [0.25, 0.3) is 0 Å². The Balaban J connectivity index is 3.02. The average Bonchev–Trinajstić information content (AvgIpc) is 1.96. The van der Waals surface area contributed by atoms with Gasteiger partial charge in [0.05, 0.1) is 0 Å². The summed E-state index contributed by atoms with van der Waals surface area (Å²) >= 11 is 0. The summed E-state index contributed by atoms with van der Waals surface area (Å²) in [5.74, 6) is -1.00. The summed E-state index contributed by atoms with van der Waals surface area (Å²) in [6.45, 7) is 6.19. The molecule has 0 saturated carbocycles. The van der Waals surface area contributed by atoms with Gasteiger partial charge in [0.1, 0.15) is 0 Å². The minimum Gasteiger partial charge on any atom is -0.504 e. The lowest BCUT2D eigenvalue weighted by Crippen LogP contribution is -2.08. The third-order valence-corrected chi connectivity index (χ3v) is 1.86. The quantitative estimate of drug-likeness (QED) is 0.604. The molecular formula is C11H16O3. The third kappa shape index (κ3) is 2.55. The van der Waals surface area contributed by atoms with Gasteiger partial charge in [-0.25, -0.2) is 0 Å². The van der Waals surface area contributed by atoms with Gasteiger partial charge in [-0.05, 0) is 29.5 Å². The van der Waals surface area contributed by atoms with Crippen LogP contribution in [-0.4, -0.2) is 15.3 Å². The zero-order chi connectivity index (χ0) is 10.9. The second-order valence-corrected chi connectivity index (χ2v) is 4.72. The number of benzene rings is 1. The van der Waals surface area contributed by atoms with E-state index in [1.807, 2.05) is 0 Å². The van der Waals surface area contributed by atoms with Gasteiger partial charge in [0.2, 0.25) is 0 Å². The average molecular weight is 196 g/mol. The highest BCUT2D eigenvalue weighted by molar-refractivity contribution is 5.51. The fourth-order valence-electron chi connectivity index (χ4n) is 1.38. The molecule has 0 bridgehead atoms. The minimum atomic E-state index is -0.456. The molecule has 14 heavy (non-hydrogen) atoms. The van der Waals surface area contributed by atoms with Gasteiger partial charge in [-0.3, -0.25) is 0 Å². The first-order chi connectivity index (χ1) is 6.29. The Bertz CT molecular complexity index is 314. The van der Waals surface area contributed by atoms with Gasteiger partial charge in [0, 0.05) is 0 Å². The molecule has 0 aliphatic heterocycles. The van der Waals surface area contributed by atoms with Gasteiger partial charge in [0.25, 0.3) is 0 Å². The Morgan fingerprint density at radius 3 is 1.79 bits per heavy atom. The Morgan fingerprint density at radius 1 is 1.00 bits per heavy atom. The van der Waals surface area contributed by atoms with Crippen LogP contribution in [0.4, 0.5) is 0 Å². The summed E-state index contributed by atoms with van der Waals surface area (Å²) in [5, 5.41) is 27.7. The van der Waals surface area contributed by atoms with Crippen molar-refractivity contribution >= 4 is 0 Å². The number of phenolic OH excluding ortho intramolecular Hbond substituents is 3. The molecule has 3 N–H and O–H groups in total. The number of hydrogen-bond acceptors (Lipinski definition) is 3. The van der Waals surface area contributed by atoms with Crippen LogP contribution in [0, 0.1) is 5.41 Å². The van der Waals surface area contributed by atoms with Crippen molar-refractivity contribution in [1.82, 2.24) is 0 Å². The van der Waals surface area contributed by atoms with Crippen molar-refractivity contribution in [3.63, 3.8) is 0 Å². The molecule has 0 aliphatic rings. The first-order valence-electron chi connectivity index (χ1n) is 4.53. The van der Waals surface area contributed by atoms with Crippen LogP contribution in [0.5, 0.6) is 17.2 Å². The van der Waals surface area contributed by atoms with Crippen LogP contribution in [0.2, 0.25) is 0 Å². The maximum Gasteiger partial charge on any atom is 0.200 e. The number of aromatic hydroxyl groups is 3. The molecule has 0 radical (unpaired) electrons. The van der Waals surface area contributed by atoms with Crippen molar-refractivity contribution in [2.45, 2.75) is 27.2 Å². The van der Waals surface area contributed by atoms with E-state index in [1.54, 1.807) is 0 Å². The van der Waals surface area contributed by atoms with Gasteiger partial charge in [0.15, 0.2) is 17.2 Å². The van der Waals surface area contributed by atoms with Crippen molar-refractivity contribution in [2.75, 3.05) is 0 Å². The van der Waals surface area contributed by atoms with E-state index in [0.717, 1.165) is 12.0 Å². The fraction of sp³-hybridized carbons (Fsp3) is 0.455. The van der Waals surface area contributed by atoms with Crippen LogP contribution in [0.3, 0.4) is 0 Å². The lowest BCUT2D eigenvalue weighted by molar-refractivity contribution is 0.363. The van der Waals surface area contributed by atoms with Gasteiger partial charge in [-0.15, -0.1) is 0 Å². The van der Waals surface area contributed by atoms with E-state index in [2.05, 4.69) is 20.8 Å². The molecule has 0 unspecified atom stereocenters. The second kappa shape index (κ2) is 3.40. The van der Waals surface area contributed by atoms with E-state index >= 15 is 0 Å². The predicted octanol–water partition coefficient (Wildman–Crippen LogP) is 2.39. The maximum absolute atomic E-state index is 9.27. The molecule has 1 aromatic rings. The number of hydrogen-bond donors (Lipinski definition) is 3. The first-order valence-corrected chi connectivity index (χ1v) is 4.53. The lowest BCUT2D eigenvalue weighted by Gasteiger charge is -2.18. The largest absolute Gasteiger partial charge is 0.504 e. The predicted molar refractivity (Wildman–Crippen MR) is 54.6 cm³/mol. The van der Waals surface area contributed by atoms with Gasteiger partial charge in [-0.2, -0.15) is 0 Å². The minimum absolute atomic E-state index is 0.0792. The third-order valence-electron chi connectivity index (χ3n) is 1.86. The standard InChI is InChI=1S/C11H16O3/c1-11(2,3)6-7-4-8(12)10(14)9(13)5-7/h4-5,12-14H,6H2,1-3H3. The highest BCUT2D eigenvalue weighted by atomic mass is 16.3. The van der Waals surface area contributed by atoms with Crippen LogP contribution < -0.4 is 0 Å². The zero-order valence-electron chi connectivity index (χ0n) is 8.70. The van der Waals surface area contributed by atoms with Gasteiger partial charge < -0.3 is 15.3 Å². The molecule has 0 saturated heterocycles. The van der Waals surface area contributed by atoms with E-state index in [-0.39, 0.29) is 16.9 Å². The Morgan fingerprint density at radius 2 is 1.43 bits per heavy atom. The molecular weight excluding hydrogens is 180 g/mol. The number of rotatable bonds is 1. The molecule has 0 spiro atoms. The van der Waals surface area contributed by atoms with E-state index in [1.165, 1.54) is 12.1 Å². The van der Waals surface area contributed by atoms with Crippen molar-refractivity contribution in [2.24, 2.45) is 5.41 Å². The fourth-order valence-corrected chi connectivity index (χ4v) is 1.38. The number of phenols is 3. The molecule has 0 aromatic heterocycles. The van der Waals surface area contributed by atoms with Gasteiger partial charge in [-0.1, -0.05) is 20.8 Å². The smallest absolute Gasteiger partial charge is 0.200 e. The first kappa shape index (κ1) is 10.7. The van der Waals surface area contributed by atoms with Crippen LogP contribution in [0.1, 0.15) is 26.3 Å². The normalized spacial score (nSPS) is 11.6. The summed E-state index contributed by atoms with van der Waals surface area (Å²) in [5.41, 5.74) is 0.890. The van der Waals surface area contributed by atoms with Crippen molar-refractivity contribution < 1.29 is 15.3 Å².